The smallest absolute Gasteiger partial charge is 0.359 e. The summed E-state index contributed by atoms with van der Waals surface area (Å²) < 4.78 is 1.33. The molecule has 8 heteroatoms. The van der Waals surface area contributed by atoms with Crippen LogP contribution in [-0.2, 0) is 9.59 Å². The Morgan fingerprint density at radius 2 is 1.25 bits per heavy atom. The first-order chi connectivity index (χ1) is 8.75. The zero-order valence-electron chi connectivity index (χ0n) is 13.5. The molecule has 5 N–H and O–H groups in total. The number of aliphatic carboxylic acids is 2. The van der Waals surface area contributed by atoms with Gasteiger partial charge < -0.3 is 30.0 Å². The number of aliphatic hydroxyl groups is 1. The van der Waals surface area contributed by atoms with Crippen LogP contribution in [0.25, 0.3) is 0 Å². The van der Waals surface area contributed by atoms with Crippen molar-refractivity contribution in [2.45, 2.75) is 0 Å². The van der Waals surface area contributed by atoms with Crippen molar-refractivity contribution in [3.63, 3.8) is 0 Å². The van der Waals surface area contributed by atoms with E-state index in [-0.39, 0.29) is 19.7 Å². The van der Waals surface area contributed by atoms with Gasteiger partial charge in [-0.25, -0.2) is 4.79 Å². The number of hydrogen-bond donors (Lipinski definition) is 4. The topological polar surface area (TPSA) is 121 Å². The number of carboxylic acid groups (broad SMARTS) is 2. The lowest BCUT2D eigenvalue weighted by Crippen LogP contribution is -2.39. The molecule has 0 bridgehead atoms. The molecule has 0 aliphatic rings. The zero-order chi connectivity index (χ0) is 17.0. The highest BCUT2D eigenvalue weighted by Crippen LogP contribution is 1.86. The van der Waals surface area contributed by atoms with Gasteiger partial charge in [-0.15, -0.1) is 0 Å². The molecule has 0 aliphatic carbocycles. The summed E-state index contributed by atoms with van der Waals surface area (Å²) in [4.78, 5) is 19.2. The highest BCUT2D eigenvalue weighted by molar-refractivity contribution is 5.68. The molecular formula is C12H31N3O5+2. The summed E-state index contributed by atoms with van der Waals surface area (Å²) in [5, 5.41) is 24.2. The quantitative estimate of drug-likeness (QED) is 0.458. The van der Waals surface area contributed by atoms with Gasteiger partial charge in [0.05, 0.1) is 55.4 Å². The van der Waals surface area contributed by atoms with E-state index in [4.69, 9.17) is 15.3 Å². The predicted octanol–water partition coefficient (Wildman–Crippen LogP) is -1.51. The van der Waals surface area contributed by atoms with Crippen molar-refractivity contribution in [3.8, 4) is 0 Å². The van der Waals surface area contributed by atoms with Crippen molar-refractivity contribution >= 4 is 11.9 Å². The lowest BCUT2D eigenvalue weighted by Gasteiger charge is -2.21. The molecule has 0 fully saturated rings. The standard InChI is InChI=1S/C5H11NO2.C5H14NO.C2H5NO2/c1-6(2,3)4-5(7)8;1-6(2,3)4-5-7;3-1-2(4)5/h4H2,1-3H3;7H,4-5H2,1-3H3;1,3H2,(H,4,5)/q;+1;/p+1. The number of aliphatic hydroxyl groups excluding tert-OH is 1. The monoisotopic (exact) mass is 297 g/mol. The zero-order valence-corrected chi connectivity index (χ0v) is 13.5. The van der Waals surface area contributed by atoms with E-state index < -0.39 is 11.9 Å². The van der Waals surface area contributed by atoms with E-state index in [0.717, 1.165) is 11.0 Å². The van der Waals surface area contributed by atoms with Crippen LogP contribution in [0.5, 0.6) is 0 Å². The van der Waals surface area contributed by atoms with Crippen LogP contribution in [0.4, 0.5) is 0 Å². The van der Waals surface area contributed by atoms with E-state index in [9.17, 15) is 9.59 Å². The van der Waals surface area contributed by atoms with E-state index in [1.807, 2.05) is 21.1 Å². The number of likely N-dealkylation sites (N-methyl/N-ethyl adjacent to an activating group) is 2. The summed E-state index contributed by atoms with van der Waals surface area (Å²) in [5.74, 6) is -1.72. The Morgan fingerprint density at radius 1 is 0.900 bits per heavy atom. The highest BCUT2D eigenvalue weighted by atomic mass is 16.4. The first kappa shape index (κ1) is 23.8. The van der Waals surface area contributed by atoms with Gasteiger partial charge in [0.1, 0.15) is 6.54 Å². The Bertz CT molecular complexity index is 269. The Kier molecular flexibility index (Phi) is 13.8. The van der Waals surface area contributed by atoms with E-state index in [2.05, 4.69) is 26.9 Å². The van der Waals surface area contributed by atoms with Gasteiger partial charge in [-0.05, 0) is 0 Å². The summed E-state index contributed by atoms with van der Waals surface area (Å²) >= 11 is 0. The van der Waals surface area contributed by atoms with Gasteiger partial charge in [0.15, 0.2) is 6.54 Å². The fourth-order valence-electron chi connectivity index (χ4n) is 0.706. The molecule has 0 aromatic heterocycles. The lowest BCUT2D eigenvalue weighted by atomic mass is 10.5. The second kappa shape index (κ2) is 11.6. The molecule has 0 radical (unpaired) electrons. The van der Waals surface area contributed by atoms with E-state index in [0.29, 0.717) is 4.48 Å². The number of rotatable bonds is 5. The van der Waals surface area contributed by atoms with Gasteiger partial charge in [0.2, 0.25) is 0 Å². The van der Waals surface area contributed by atoms with Gasteiger partial charge in [0.25, 0.3) is 0 Å². The van der Waals surface area contributed by atoms with Crippen LogP contribution in [0.3, 0.4) is 0 Å². The first-order valence-electron chi connectivity index (χ1n) is 6.10. The van der Waals surface area contributed by atoms with Crippen molar-refractivity contribution in [1.29, 1.82) is 0 Å². The maximum absolute atomic E-state index is 10.00. The first-order valence-corrected chi connectivity index (χ1v) is 6.10. The third kappa shape index (κ3) is 43.7. The number of carbonyl (C=O) groups is 2. The molecule has 0 spiro atoms. The molecule has 20 heavy (non-hydrogen) atoms. The Morgan fingerprint density at radius 3 is 1.25 bits per heavy atom. The van der Waals surface area contributed by atoms with Crippen molar-refractivity contribution in [2.75, 3.05) is 68.5 Å². The maximum atomic E-state index is 10.00. The van der Waals surface area contributed by atoms with Crippen LogP contribution in [-0.4, -0.2) is 105 Å². The third-order valence-corrected chi connectivity index (χ3v) is 1.56. The lowest BCUT2D eigenvalue weighted by molar-refractivity contribution is -0.870. The van der Waals surface area contributed by atoms with Crippen molar-refractivity contribution in [1.82, 2.24) is 0 Å². The van der Waals surface area contributed by atoms with Crippen molar-refractivity contribution in [2.24, 2.45) is 5.73 Å². The molecular weight excluding hydrogens is 266 g/mol. The second-order valence-electron chi connectivity index (χ2n) is 6.18. The van der Waals surface area contributed by atoms with Gasteiger partial charge in [-0.3, -0.25) is 4.79 Å². The molecule has 0 unspecified atom stereocenters. The summed E-state index contributed by atoms with van der Waals surface area (Å²) in [5.41, 5.74) is 4.57. The van der Waals surface area contributed by atoms with Crippen LogP contribution >= 0.6 is 0 Å². The minimum atomic E-state index is -0.968. The average molecular weight is 297 g/mol. The summed E-state index contributed by atoms with van der Waals surface area (Å²) in [6, 6.07) is 0. The van der Waals surface area contributed by atoms with E-state index >= 15 is 0 Å². The molecule has 0 heterocycles. The van der Waals surface area contributed by atoms with Gasteiger partial charge in [-0.1, -0.05) is 0 Å². The largest absolute Gasteiger partial charge is 0.480 e. The normalized spacial score (nSPS) is 10.6. The third-order valence-electron chi connectivity index (χ3n) is 1.56. The molecule has 8 nitrogen and oxygen atoms in total. The van der Waals surface area contributed by atoms with Gasteiger partial charge in [0, 0.05) is 0 Å². The minimum Gasteiger partial charge on any atom is -0.480 e. The SMILES string of the molecule is C[N+](C)(C)CC(=O)O.C[N+](C)(C)CCO.NCC(=O)O. The average Bonchev–Trinajstić information content (AvgIpc) is 2.13. The summed E-state index contributed by atoms with van der Waals surface area (Å²) in [6.45, 7) is 1.02. The van der Waals surface area contributed by atoms with Gasteiger partial charge in [-0.2, -0.15) is 0 Å². The Hall–Kier alpha value is -1.22. The molecule has 0 saturated heterocycles. The number of quaternary nitrogens is 2. The Labute approximate surface area is 121 Å². The Balaban J connectivity index is -0.000000223. The fourth-order valence-corrected chi connectivity index (χ4v) is 0.706. The molecule has 0 rings (SSSR count). The number of hydrogen-bond acceptors (Lipinski definition) is 4. The van der Waals surface area contributed by atoms with Crippen LogP contribution < -0.4 is 5.73 Å². The molecule has 0 amide bonds. The van der Waals surface area contributed by atoms with Gasteiger partial charge >= 0.3 is 11.9 Å². The van der Waals surface area contributed by atoms with Crippen molar-refractivity contribution in [3.05, 3.63) is 0 Å². The van der Waals surface area contributed by atoms with E-state index in [1.165, 1.54) is 0 Å². The molecule has 0 saturated carbocycles. The van der Waals surface area contributed by atoms with E-state index in [1.54, 1.807) is 0 Å². The fraction of sp³-hybridized carbons (Fsp3) is 0.833. The summed E-state index contributed by atoms with van der Waals surface area (Å²) in [6.07, 6.45) is 0. The number of nitrogens with zero attached hydrogens (tertiary/aromatic N) is 2. The highest BCUT2D eigenvalue weighted by Gasteiger charge is 2.11. The van der Waals surface area contributed by atoms with Crippen LogP contribution in [0.15, 0.2) is 0 Å². The minimum absolute atomic E-state index is 0.181. The molecule has 0 aliphatic heterocycles. The molecule has 0 atom stereocenters. The number of carboxylic acids is 2. The molecule has 122 valence electrons. The molecule has 0 aromatic carbocycles. The number of nitrogens with two attached hydrogens (primary N) is 1. The van der Waals surface area contributed by atoms with Crippen LogP contribution in [0, 0.1) is 0 Å². The maximum Gasteiger partial charge on any atom is 0.359 e. The molecule has 0 aromatic rings. The van der Waals surface area contributed by atoms with Crippen molar-refractivity contribution < 1.29 is 33.9 Å². The van der Waals surface area contributed by atoms with Crippen LogP contribution in [0.1, 0.15) is 0 Å². The summed E-state index contributed by atoms with van der Waals surface area (Å²) in [7, 11) is 11.7. The second-order valence-corrected chi connectivity index (χ2v) is 6.18. The van der Waals surface area contributed by atoms with Crippen LogP contribution in [0.2, 0.25) is 0 Å². The predicted molar refractivity (Wildman–Crippen MR) is 77.2 cm³/mol.